The molecule has 9 heteroatoms. The van der Waals surface area contributed by atoms with Crippen molar-refractivity contribution in [3.8, 4) is 0 Å². The van der Waals surface area contributed by atoms with E-state index in [0.717, 1.165) is 0 Å². The van der Waals surface area contributed by atoms with Gasteiger partial charge in [-0.2, -0.15) is 0 Å². The zero-order chi connectivity index (χ0) is 19.1. The molecule has 0 aliphatic carbocycles. The largest absolute Gasteiger partial charge is 0.479 e. The van der Waals surface area contributed by atoms with Crippen LogP contribution in [0.25, 0.3) is 0 Å². The minimum absolute atomic E-state index is 0.0852. The molecule has 0 saturated carbocycles. The summed E-state index contributed by atoms with van der Waals surface area (Å²) < 4.78 is 4.89. The second kappa shape index (κ2) is 8.95. The quantitative estimate of drug-likeness (QED) is 0.311. The second-order valence-electron chi connectivity index (χ2n) is 6.98. The highest BCUT2D eigenvalue weighted by Gasteiger charge is 2.35. The van der Waals surface area contributed by atoms with E-state index in [0.29, 0.717) is 0 Å². The van der Waals surface area contributed by atoms with Gasteiger partial charge in [-0.3, -0.25) is 9.59 Å². The molecule has 0 fully saturated rings. The lowest BCUT2D eigenvalue weighted by molar-refractivity contribution is -0.161. The van der Waals surface area contributed by atoms with Crippen LogP contribution in [0.3, 0.4) is 0 Å². The second-order valence-corrected chi connectivity index (χ2v) is 6.98. The van der Waals surface area contributed by atoms with E-state index >= 15 is 0 Å². The van der Waals surface area contributed by atoms with Gasteiger partial charge < -0.3 is 30.5 Å². The molecule has 2 atom stereocenters. The van der Waals surface area contributed by atoms with Crippen LogP contribution in [0.5, 0.6) is 0 Å². The first-order chi connectivity index (χ1) is 10.8. The molecule has 2 unspecified atom stereocenters. The van der Waals surface area contributed by atoms with Gasteiger partial charge in [-0.05, 0) is 0 Å². The van der Waals surface area contributed by atoms with Gasteiger partial charge in [0.25, 0.3) is 0 Å². The molecule has 0 radical (unpaired) electrons. The zero-order valence-corrected chi connectivity index (χ0v) is 14.4. The van der Waals surface area contributed by atoms with Crippen molar-refractivity contribution in [3.63, 3.8) is 0 Å². The predicted molar refractivity (Wildman–Crippen MR) is 82.9 cm³/mol. The van der Waals surface area contributed by atoms with E-state index in [9.17, 15) is 24.6 Å². The SMILES string of the molecule is CC(C)(COC(=O)CCNC(=O)C(O)C(C)(C)CO)C(O)C(=O)O. The molecule has 0 aromatic rings. The Balaban J connectivity index is 4.25. The first kappa shape index (κ1) is 22.3. The molecular weight excluding hydrogens is 322 g/mol. The fourth-order valence-corrected chi connectivity index (χ4v) is 1.58. The standard InChI is InChI=1S/C15H27NO8/c1-14(2,7-17)10(19)12(21)16-6-5-9(18)24-8-15(3,4)11(20)13(22)23/h10-11,17,19-20H,5-8H2,1-4H3,(H,16,21)(H,22,23). The Hall–Kier alpha value is -1.71. The molecule has 140 valence electrons. The number of carboxylic acid groups (broad SMARTS) is 1. The summed E-state index contributed by atoms with van der Waals surface area (Å²) in [6.07, 6.45) is -3.29. The van der Waals surface area contributed by atoms with Crippen LogP contribution in [-0.4, -0.2) is 70.2 Å². The highest BCUT2D eigenvalue weighted by molar-refractivity contribution is 5.82. The Labute approximate surface area is 140 Å². The van der Waals surface area contributed by atoms with E-state index < -0.39 is 40.9 Å². The summed E-state index contributed by atoms with van der Waals surface area (Å²) in [4.78, 5) is 34.0. The number of amides is 1. The summed E-state index contributed by atoms with van der Waals surface area (Å²) in [7, 11) is 0. The number of carbonyl (C=O) groups is 3. The molecule has 0 aromatic carbocycles. The van der Waals surface area contributed by atoms with Gasteiger partial charge in [0.1, 0.15) is 6.10 Å². The summed E-state index contributed by atoms with van der Waals surface area (Å²) in [6.45, 7) is 5.14. The zero-order valence-electron chi connectivity index (χ0n) is 14.4. The molecule has 0 spiro atoms. The van der Waals surface area contributed by atoms with Crippen LogP contribution in [0.2, 0.25) is 0 Å². The summed E-state index contributed by atoms with van der Waals surface area (Å²) in [5.74, 6) is -2.82. The molecular formula is C15H27NO8. The lowest BCUT2D eigenvalue weighted by atomic mass is 9.87. The normalized spacial score (nSPS) is 14.6. The van der Waals surface area contributed by atoms with Crippen LogP contribution in [0, 0.1) is 10.8 Å². The highest BCUT2D eigenvalue weighted by Crippen LogP contribution is 2.21. The van der Waals surface area contributed by atoms with E-state index in [1.807, 2.05) is 0 Å². The maximum Gasteiger partial charge on any atom is 0.333 e. The van der Waals surface area contributed by atoms with E-state index in [1.165, 1.54) is 27.7 Å². The average molecular weight is 349 g/mol. The number of carbonyl (C=O) groups excluding carboxylic acids is 2. The Morgan fingerprint density at radius 2 is 1.58 bits per heavy atom. The monoisotopic (exact) mass is 349 g/mol. The molecule has 0 saturated heterocycles. The van der Waals surface area contributed by atoms with E-state index in [2.05, 4.69) is 5.32 Å². The van der Waals surface area contributed by atoms with Gasteiger partial charge in [0.2, 0.25) is 5.91 Å². The van der Waals surface area contributed by atoms with Crippen LogP contribution in [-0.2, 0) is 19.1 Å². The third-order valence-electron chi connectivity index (χ3n) is 3.60. The first-order valence-electron chi connectivity index (χ1n) is 7.48. The van der Waals surface area contributed by atoms with Gasteiger partial charge in [-0.1, -0.05) is 27.7 Å². The van der Waals surface area contributed by atoms with Gasteiger partial charge >= 0.3 is 11.9 Å². The number of hydrogen-bond donors (Lipinski definition) is 5. The minimum atomic E-state index is -1.68. The number of aliphatic carboxylic acids is 1. The molecule has 0 aromatic heterocycles. The minimum Gasteiger partial charge on any atom is -0.479 e. The Morgan fingerprint density at radius 1 is 1.04 bits per heavy atom. The predicted octanol–water partition coefficient (Wildman–Crippen LogP) is -1.11. The number of aliphatic hydroxyl groups is 3. The molecule has 0 rings (SSSR count). The maximum atomic E-state index is 11.7. The van der Waals surface area contributed by atoms with Crippen molar-refractivity contribution in [2.24, 2.45) is 10.8 Å². The molecule has 0 heterocycles. The number of rotatable bonds is 10. The van der Waals surface area contributed by atoms with Crippen LogP contribution in [0.4, 0.5) is 0 Å². The van der Waals surface area contributed by atoms with Crippen molar-refractivity contribution in [2.45, 2.75) is 46.3 Å². The smallest absolute Gasteiger partial charge is 0.333 e. The summed E-state index contributed by atoms with van der Waals surface area (Å²) in [6, 6.07) is 0. The Kier molecular flexibility index (Phi) is 8.31. The average Bonchev–Trinajstić information content (AvgIpc) is 2.51. The fraction of sp³-hybridized carbons (Fsp3) is 0.800. The highest BCUT2D eigenvalue weighted by atomic mass is 16.5. The number of esters is 1. The van der Waals surface area contributed by atoms with Gasteiger partial charge in [-0.15, -0.1) is 0 Å². The topological polar surface area (TPSA) is 153 Å². The van der Waals surface area contributed by atoms with Crippen molar-refractivity contribution >= 4 is 17.8 Å². The van der Waals surface area contributed by atoms with Gasteiger partial charge in [-0.25, -0.2) is 4.79 Å². The lowest BCUT2D eigenvalue weighted by Gasteiger charge is -2.27. The summed E-state index contributed by atoms with van der Waals surface area (Å²) in [5, 5.41) is 39.4. The Morgan fingerprint density at radius 3 is 2.04 bits per heavy atom. The number of hydrogen-bond acceptors (Lipinski definition) is 7. The summed E-state index contributed by atoms with van der Waals surface area (Å²) >= 11 is 0. The van der Waals surface area contributed by atoms with Gasteiger partial charge in [0, 0.05) is 17.4 Å². The van der Waals surface area contributed by atoms with Crippen molar-refractivity contribution in [1.82, 2.24) is 5.32 Å². The van der Waals surface area contributed by atoms with Crippen molar-refractivity contribution < 1.29 is 39.5 Å². The van der Waals surface area contributed by atoms with E-state index in [4.69, 9.17) is 14.9 Å². The maximum absolute atomic E-state index is 11.7. The van der Waals surface area contributed by atoms with Crippen LogP contribution >= 0.6 is 0 Å². The van der Waals surface area contributed by atoms with Crippen LogP contribution < -0.4 is 5.32 Å². The van der Waals surface area contributed by atoms with Gasteiger partial charge in [0.15, 0.2) is 6.10 Å². The summed E-state index contributed by atoms with van der Waals surface area (Å²) in [5.41, 5.74) is -2.17. The third kappa shape index (κ3) is 6.81. The van der Waals surface area contributed by atoms with Crippen molar-refractivity contribution in [3.05, 3.63) is 0 Å². The molecule has 5 N–H and O–H groups in total. The number of nitrogens with one attached hydrogen (secondary N) is 1. The molecule has 0 aliphatic rings. The van der Waals surface area contributed by atoms with Crippen molar-refractivity contribution in [2.75, 3.05) is 19.8 Å². The number of aliphatic hydroxyl groups excluding tert-OH is 3. The van der Waals surface area contributed by atoms with Crippen LogP contribution in [0.1, 0.15) is 34.1 Å². The number of carboxylic acids is 1. The molecule has 1 amide bonds. The first-order valence-corrected chi connectivity index (χ1v) is 7.48. The van der Waals surface area contributed by atoms with E-state index in [-0.39, 0.29) is 26.2 Å². The van der Waals surface area contributed by atoms with Gasteiger partial charge in [0.05, 0.1) is 19.6 Å². The third-order valence-corrected chi connectivity index (χ3v) is 3.60. The van der Waals surface area contributed by atoms with Crippen LogP contribution in [0.15, 0.2) is 0 Å². The lowest BCUT2D eigenvalue weighted by Crippen LogP contribution is -2.46. The molecule has 9 nitrogen and oxygen atoms in total. The van der Waals surface area contributed by atoms with Crippen molar-refractivity contribution in [1.29, 1.82) is 0 Å². The molecule has 24 heavy (non-hydrogen) atoms. The van der Waals surface area contributed by atoms with E-state index in [1.54, 1.807) is 0 Å². The Bertz CT molecular complexity index is 460. The molecule has 0 aliphatic heterocycles. The fourth-order valence-electron chi connectivity index (χ4n) is 1.58. The number of ether oxygens (including phenoxy) is 1. The molecule has 0 bridgehead atoms.